The van der Waals surface area contributed by atoms with Crippen LogP contribution in [0.5, 0.6) is 0 Å². The van der Waals surface area contributed by atoms with Crippen molar-refractivity contribution in [2.24, 2.45) is 0 Å². The molecule has 1 heterocycles. The van der Waals surface area contributed by atoms with Crippen LogP contribution in [0.3, 0.4) is 0 Å². The summed E-state index contributed by atoms with van der Waals surface area (Å²) in [5.41, 5.74) is 0. The molecule has 4 atom stereocenters. The molecular formula is C6H12NO13S3. The second-order valence-corrected chi connectivity index (χ2v) is 7.45. The normalized spacial score (nSPS) is 30.3. The molecule has 1 aliphatic heterocycles. The van der Waals surface area contributed by atoms with Crippen LogP contribution in [-0.4, -0.2) is 75.0 Å². The minimum Gasteiger partial charge on any atom is -0.387 e. The average molecular weight is 402 g/mol. The fourth-order valence-corrected chi connectivity index (χ4v) is 2.94. The van der Waals surface area contributed by atoms with Gasteiger partial charge in [-0.15, -0.1) is 0 Å². The molecule has 0 aromatic carbocycles. The van der Waals surface area contributed by atoms with E-state index >= 15 is 0 Å². The summed E-state index contributed by atoms with van der Waals surface area (Å²) in [5, 5.41) is 9.84. The van der Waals surface area contributed by atoms with Crippen molar-refractivity contribution in [2.75, 3.05) is 6.61 Å². The first kappa shape index (κ1) is 20.6. The monoisotopic (exact) mass is 402 g/mol. The minimum absolute atomic E-state index is 0.550. The van der Waals surface area contributed by atoms with E-state index in [1.807, 2.05) is 0 Å². The Bertz CT molecular complexity index is 711. The molecule has 0 aromatic heterocycles. The van der Waals surface area contributed by atoms with E-state index in [2.05, 4.69) is 8.37 Å². The molecule has 0 spiro atoms. The molecule has 1 radical (unpaired) electrons. The summed E-state index contributed by atoms with van der Waals surface area (Å²) >= 11 is 0. The first-order chi connectivity index (χ1) is 10.2. The molecule has 0 unspecified atom stereocenters. The third-order valence-corrected chi connectivity index (χ3v) is 3.84. The lowest BCUT2D eigenvalue weighted by Gasteiger charge is -2.37. The van der Waals surface area contributed by atoms with Gasteiger partial charge in [-0.2, -0.15) is 30.0 Å². The topological polar surface area (TPSA) is 223 Å². The zero-order valence-corrected chi connectivity index (χ0v) is 13.2. The van der Waals surface area contributed by atoms with Gasteiger partial charge in [0, 0.05) is 0 Å². The highest BCUT2D eigenvalue weighted by Gasteiger charge is 2.45. The third kappa shape index (κ3) is 7.76. The Kier molecular flexibility index (Phi) is 6.43. The van der Waals surface area contributed by atoms with E-state index in [1.165, 1.54) is 4.72 Å². The Morgan fingerprint density at radius 2 is 1.61 bits per heavy atom. The van der Waals surface area contributed by atoms with Gasteiger partial charge in [0.1, 0.15) is 24.9 Å². The first-order valence-electron chi connectivity index (χ1n) is 5.37. The van der Waals surface area contributed by atoms with E-state index < -0.39 is 62.1 Å². The van der Waals surface area contributed by atoms with Crippen LogP contribution in [0.15, 0.2) is 0 Å². The Balaban J connectivity index is 2.95. The van der Waals surface area contributed by atoms with Crippen molar-refractivity contribution < 1.29 is 57.1 Å². The maximum atomic E-state index is 10.7. The lowest BCUT2D eigenvalue weighted by Crippen LogP contribution is -2.59. The van der Waals surface area contributed by atoms with Crippen molar-refractivity contribution in [2.45, 2.75) is 24.4 Å². The molecule has 0 aromatic rings. The van der Waals surface area contributed by atoms with Gasteiger partial charge in [0.2, 0.25) is 0 Å². The molecule has 5 N–H and O–H groups in total. The van der Waals surface area contributed by atoms with Crippen LogP contribution in [0.25, 0.3) is 0 Å². The van der Waals surface area contributed by atoms with Gasteiger partial charge in [0.05, 0.1) is 12.6 Å². The standard InChI is InChI=1S/C6H12NO13S3/c8-5-4(2-19-22(12,13)14)18-1-3(7-21(9,10)11)6(5)20-23(15,16)17/h1,3-8H,2H2,(H,9,10,11)(H,12,13,14)(H,15,16,17)/t3-,4+,5+,6+/m0/s1. The third-order valence-electron chi connectivity index (χ3n) is 2.37. The van der Waals surface area contributed by atoms with Crippen molar-refractivity contribution in [3.63, 3.8) is 0 Å². The largest absolute Gasteiger partial charge is 0.397 e. The molecule has 1 rings (SSSR count). The van der Waals surface area contributed by atoms with Gasteiger partial charge in [-0.1, -0.05) is 0 Å². The molecule has 1 fully saturated rings. The van der Waals surface area contributed by atoms with E-state index in [0.29, 0.717) is 6.61 Å². The molecular weight excluding hydrogens is 390 g/mol. The molecule has 0 amide bonds. The van der Waals surface area contributed by atoms with Gasteiger partial charge < -0.3 is 9.84 Å². The van der Waals surface area contributed by atoms with Crippen LogP contribution >= 0.6 is 0 Å². The zero-order chi connectivity index (χ0) is 18.1. The van der Waals surface area contributed by atoms with Gasteiger partial charge in [0.15, 0.2) is 0 Å². The number of ether oxygens (including phenoxy) is 1. The number of aliphatic hydroxyl groups is 1. The maximum Gasteiger partial charge on any atom is 0.397 e. The molecule has 0 saturated carbocycles. The summed E-state index contributed by atoms with van der Waals surface area (Å²) in [6, 6.07) is -1.77. The molecule has 17 heteroatoms. The lowest BCUT2D eigenvalue weighted by molar-refractivity contribution is -0.124. The van der Waals surface area contributed by atoms with E-state index in [-0.39, 0.29) is 0 Å². The fourth-order valence-electron chi connectivity index (χ4n) is 1.58. The molecule has 23 heavy (non-hydrogen) atoms. The van der Waals surface area contributed by atoms with Crippen LogP contribution in [0.2, 0.25) is 0 Å². The van der Waals surface area contributed by atoms with Crippen molar-refractivity contribution in [1.82, 2.24) is 4.72 Å². The average Bonchev–Trinajstić information content (AvgIpc) is 2.28. The molecule has 137 valence electrons. The SMILES string of the molecule is O=S(=O)(O)N[C@H]1[CH]O[C@H](COS(=O)(=O)O)[C@@H](O)[C@@H]1OS(=O)(=O)O. The van der Waals surface area contributed by atoms with Crippen LogP contribution in [0, 0.1) is 6.61 Å². The zero-order valence-electron chi connectivity index (χ0n) is 10.8. The lowest BCUT2D eigenvalue weighted by atomic mass is 9.99. The Hall–Kier alpha value is -0.470. The number of hydrogen-bond donors (Lipinski definition) is 5. The molecule has 14 nitrogen and oxygen atoms in total. The predicted octanol–water partition coefficient (Wildman–Crippen LogP) is -3.32. The number of hydrogen-bond acceptors (Lipinski definition) is 10. The summed E-state index contributed by atoms with van der Waals surface area (Å²) in [5.74, 6) is 0. The van der Waals surface area contributed by atoms with Crippen LogP contribution in [-0.2, 0) is 44.2 Å². The second-order valence-electron chi connectivity index (χ2n) is 4.12. The summed E-state index contributed by atoms with van der Waals surface area (Å²) < 4.78 is 104. The van der Waals surface area contributed by atoms with Gasteiger partial charge >= 0.3 is 31.1 Å². The quantitative estimate of drug-likeness (QED) is 0.263. The van der Waals surface area contributed by atoms with Gasteiger partial charge in [-0.25, -0.2) is 8.37 Å². The second kappa shape index (κ2) is 7.19. The Morgan fingerprint density at radius 3 is 2.04 bits per heavy atom. The van der Waals surface area contributed by atoms with Crippen LogP contribution in [0.4, 0.5) is 0 Å². The summed E-state index contributed by atoms with van der Waals surface area (Å²) in [6.45, 7) is -0.450. The van der Waals surface area contributed by atoms with E-state index in [0.717, 1.165) is 0 Å². The molecule has 1 saturated heterocycles. The number of aliphatic hydroxyl groups excluding tert-OH is 1. The van der Waals surface area contributed by atoms with Crippen LogP contribution < -0.4 is 4.72 Å². The maximum absolute atomic E-state index is 10.7. The highest BCUT2D eigenvalue weighted by Crippen LogP contribution is 2.23. The summed E-state index contributed by atoms with van der Waals surface area (Å²) in [7, 11) is -15.0. The first-order valence-corrected chi connectivity index (χ1v) is 9.54. The highest BCUT2D eigenvalue weighted by molar-refractivity contribution is 7.83. The summed E-state index contributed by atoms with van der Waals surface area (Å²) in [6.07, 6.45) is -5.72. The summed E-state index contributed by atoms with van der Waals surface area (Å²) in [4.78, 5) is 0. The molecule has 0 aliphatic carbocycles. The van der Waals surface area contributed by atoms with Crippen molar-refractivity contribution in [1.29, 1.82) is 0 Å². The number of nitrogens with one attached hydrogen (secondary N) is 1. The smallest absolute Gasteiger partial charge is 0.387 e. The molecule has 0 bridgehead atoms. The van der Waals surface area contributed by atoms with Crippen molar-refractivity contribution in [3.8, 4) is 0 Å². The van der Waals surface area contributed by atoms with Gasteiger partial charge in [-0.05, 0) is 0 Å². The van der Waals surface area contributed by atoms with Crippen LogP contribution in [0.1, 0.15) is 0 Å². The van der Waals surface area contributed by atoms with Crippen molar-refractivity contribution >= 4 is 31.1 Å². The Morgan fingerprint density at radius 1 is 1.04 bits per heavy atom. The minimum atomic E-state index is -5.17. The fraction of sp³-hybridized carbons (Fsp3) is 0.833. The van der Waals surface area contributed by atoms with E-state index in [4.69, 9.17) is 18.4 Å². The Labute approximate surface area is 131 Å². The van der Waals surface area contributed by atoms with Crippen molar-refractivity contribution in [3.05, 3.63) is 6.61 Å². The van der Waals surface area contributed by atoms with Gasteiger partial charge in [0.25, 0.3) is 0 Å². The van der Waals surface area contributed by atoms with E-state index in [9.17, 15) is 30.4 Å². The molecule has 1 aliphatic rings. The number of rotatable bonds is 7. The predicted molar refractivity (Wildman–Crippen MR) is 67.6 cm³/mol. The van der Waals surface area contributed by atoms with Gasteiger partial charge in [-0.3, -0.25) is 13.7 Å². The van der Waals surface area contributed by atoms with E-state index in [1.54, 1.807) is 0 Å². The highest BCUT2D eigenvalue weighted by atomic mass is 32.3.